The van der Waals surface area contributed by atoms with Gasteiger partial charge in [0.2, 0.25) is 0 Å². The number of nitrogens with zero attached hydrogens (tertiary/aromatic N) is 2. The van der Waals surface area contributed by atoms with E-state index >= 15 is 0 Å². The zero-order valence-electron chi connectivity index (χ0n) is 16.5. The highest BCUT2D eigenvalue weighted by molar-refractivity contribution is 6.33. The number of carbonyl (C=O) groups is 1. The number of hydrogen-bond donors (Lipinski definition) is 0. The zero-order valence-corrected chi connectivity index (χ0v) is 17.3. The minimum atomic E-state index is -0.773. The summed E-state index contributed by atoms with van der Waals surface area (Å²) >= 11 is 6.14. The lowest BCUT2D eigenvalue weighted by molar-refractivity contribution is 0.0587. The van der Waals surface area contributed by atoms with Gasteiger partial charge in [0, 0.05) is 32.0 Å². The van der Waals surface area contributed by atoms with Crippen LogP contribution in [0.15, 0.2) is 40.9 Å². The lowest BCUT2D eigenvalue weighted by atomic mass is 10.0. The molecule has 0 bridgehead atoms. The van der Waals surface area contributed by atoms with E-state index in [1.54, 1.807) is 11.8 Å². The average molecular weight is 451 g/mol. The van der Waals surface area contributed by atoms with Crippen molar-refractivity contribution in [2.24, 2.45) is 0 Å². The third kappa shape index (κ3) is 4.25. The van der Waals surface area contributed by atoms with Crippen LogP contribution in [0.3, 0.4) is 0 Å². The van der Waals surface area contributed by atoms with Gasteiger partial charge in [0.25, 0.3) is 5.91 Å². The number of rotatable bonds is 4. The smallest absolute Gasteiger partial charge is 0.259 e. The van der Waals surface area contributed by atoms with Crippen molar-refractivity contribution in [1.82, 2.24) is 10.1 Å². The van der Waals surface area contributed by atoms with Crippen LogP contribution in [0, 0.1) is 24.4 Å². The van der Waals surface area contributed by atoms with Crippen molar-refractivity contribution in [2.45, 2.75) is 25.9 Å². The van der Waals surface area contributed by atoms with Gasteiger partial charge >= 0.3 is 0 Å². The Hall–Kier alpha value is -3.00. The molecule has 2 heterocycles. The van der Waals surface area contributed by atoms with Crippen molar-refractivity contribution in [2.75, 3.05) is 13.1 Å². The fourth-order valence-corrected chi connectivity index (χ4v) is 3.86. The summed E-state index contributed by atoms with van der Waals surface area (Å²) in [5, 5.41) is 3.99. The highest BCUT2D eigenvalue weighted by atomic mass is 35.5. The van der Waals surface area contributed by atoms with Crippen LogP contribution in [0.5, 0.6) is 5.75 Å². The largest absolute Gasteiger partial charge is 0.487 e. The maximum absolute atomic E-state index is 14.4. The molecule has 1 aliphatic heterocycles. The summed E-state index contributed by atoms with van der Waals surface area (Å²) in [4.78, 5) is 14.8. The van der Waals surface area contributed by atoms with Crippen molar-refractivity contribution >= 4 is 17.5 Å². The summed E-state index contributed by atoms with van der Waals surface area (Å²) in [6.45, 7) is 2.24. The van der Waals surface area contributed by atoms with Crippen LogP contribution in [0.4, 0.5) is 13.2 Å². The van der Waals surface area contributed by atoms with Gasteiger partial charge in [-0.25, -0.2) is 13.2 Å². The molecule has 31 heavy (non-hydrogen) atoms. The quantitative estimate of drug-likeness (QED) is 0.533. The van der Waals surface area contributed by atoms with Gasteiger partial charge < -0.3 is 14.2 Å². The predicted molar refractivity (Wildman–Crippen MR) is 108 cm³/mol. The van der Waals surface area contributed by atoms with Gasteiger partial charge in [0.1, 0.15) is 34.8 Å². The molecule has 0 N–H and O–H groups in total. The molecule has 0 aliphatic carbocycles. The molecule has 0 atom stereocenters. The molecule has 0 saturated carbocycles. The minimum Gasteiger partial charge on any atom is -0.487 e. The number of aryl methyl sites for hydroxylation is 1. The Morgan fingerprint density at radius 1 is 1.16 bits per heavy atom. The third-order valence-electron chi connectivity index (χ3n) is 5.19. The van der Waals surface area contributed by atoms with Crippen LogP contribution in [0.25, 0.3) is 11.3 Å². The molecule has 1 saturated heterocycles. The number of hydrogen-bond acceptors (Lipinski definition) is 4. The Labute approximate surface area is 181 Å². The van der Waals surface area contributed by atoms with Crippen LogP contribution >= 0.6 is 11.6 Å². The van der Waals surface area contributed by atoms with Crippen molar-refractivity contribution in [3.05, 3.63) is 70.2 Å². The van der Waals surface area contributed by atoms with Crippen molar-refractivity contribution in [1.29, 1.82) is 0 Å². The average Bonchev–Trinajstić information content (AvgIpc) is 3.11. The van der Waals surface area contributed by atoms with E-state index in [-0.39, 0.29) is 45.4 Å². The number of piperidine rings is 1. The normalized spacial score (nSPS) is 14.7. The van der Waals surface area contributed by atoms with E-state index in [1.807, 2.05) is 0 Å². The Morgan fingerprint density at radius 3 is 2.58 bits per heavy atom. The molecule has 1 aromatic heterocycles. The van der Waals surface area contributed by atoms with Gasteiger partial charge in [-0.3, -0.25) is 4.79 Å². The van der Waals surface area contributed by atoms with Crippen LogP contribution in [0.1, 0.15) is 29.0 Å². The summed E-state index contributed by atoms with van der Waals surface area (Å²) < 4.78 is 52.1. The summed E-state index contributed by atoms with van der Waals surface area (Å²) in [7, 11) is 0. The maximum atomic E-state index is 14.4. The number of likely N-dealkylation sites (tertiary alicyclic amines) is 1. The Morgan fingerprint density at radius 2 is 1.90 bits per heavy atom. The van der Waals surface area contributed by atoms with Crippen LogP contribution in [-0.2, 0) is 0 Å². The lowest BCUT2D eigenvalue weighted by Gasteiger charge is -2.32. The van der Waals surface area contributed by atoms with Crippen molar-refractivity contribution < 1.29 is 27.2 Å². The number of ether oxygens (including phenoxy) is 1. The first-order valence-corrected chi connectivity index (χ1v) is 10.0. The first kappa shape index (κ1) is 21.2. The Kier molecular flexibility index (Phi) is 5.91. The summed E-state index contributed by atoms with van der Waals surface area (Å²) in [5.41, 5.74) is 0.211. The lowest BCUT2D eigenvalue weighted by Crippen LogP contribution is -2.42. The van der Waals surface area contributed by atoms with Gasteiger partial charge in [0.05, 0.1) is 10.6 Å². The highest BCUT2D eigenvalue weighted by Gasteiger charge is 2.31. The number of aromatic nitrogens is 1. The summed E-state index contributed by atoms with van der Waals surface area (Å²) in [6.07, 6.45) is 0.568. The van der Waals surface area contributed by atoms with Gasteiger partial charge in [0.15, 0.2) is 11.6 Å². The van der Waals surface area contributed by atoms with Gasteiger partial charge in [-0.1, -0.05) is 22.8 Å². The molecule has 5 nitrogen and oxygen atoms in total. The van der Waals surface area contributed by atoms with E-state index in [1.165, 1.54) is 24.3 Å². The van der Waals surface area contributed by atoms with E-state index in [4.69, 9.17) is 20.9 Å². The number of amides is 1. The van der Waals surface area contributed by atoms with E-state index in [2.05, 4.69) is 5.16 Å². The van der Waals surface area contributed by atoms with Crippen molar-refractivity contribution in [3.63, 3.8) is 0 Å². The van der Waals surface area contributed by atoms with Gasteiger partial charge in [-0.05, 0) is 31.2 Å². The number of halogens is 4. The first-order valence-electron chi connectivity index (χ1n) is 9.66. The fraction of sp³-hybridized carbons (Fsp3) is 0.273. The molecule has 9 heteroatoms. The first-order chi connectivity index (χ1) is 14.8. The molecule has 0 unspecified atom stereocenters. The Bertz CT molecular complexity index is 1110. The van der Waals surface area contributed by atoms with Crippen molar-refractivity contribution in [3.8, 4) is 17.0 Å². The monoisotopic (exact) mass is 450 g/mol. The van der Waals surface area contributed by atoms with E-state index < -0.39 is 17.5 Å². The second-order valence-electron chi connectivity index (χ2n) is 7.24. The van der Waals surface area contributed by atoms with Gasteiger partial charge in [-0.2, -0.15) is 0 Å². The molecule has 1 fully saturated rings. The number of benzene rings is 2. The summed E-state index contributed by atoms with van der Waals surface area (Å²) in [6, 6.07) is 7.34. The van der Waals surface area contributed by atoms with E-state index in [0.29, 0.717) is 25.9 Å². The molecule has 1 amide bonds. The Balaban J connectivity index is 1.49. The molecule has 3 aromatic rings. The summed E-state index contributed by atoms with van der Waals surface area (Å²) in [5.74, 6) is -2.20. The van der Waals surface area contributed by atoms with Crippen LogP contribution < -0.4 is 4.74 Å². The zero-order chi connectivity index (χ0) is 22.1. The van der Waals surface area contributed by atoms with Gasteiger partial charge in [-0.15, -0.1) is 0 Å². The number of carbonyl (C=O) groups excluding carboxylic acids is 1. The molecular weight excluding hydrogens is 433 g/mol. The van der Waals surface area contributed by atoms with E-state index in [0.717, 1.165) is 12.1 Å². The van der Waals surface area contributed by atoms with Crippen LogP contribution in [-0.4, -0.2) is 35.2 Å². The fourth-order valence-electron chi connectivity index (χ4n) is 3.60. The SMILES string of the molecule is Cc1onc(-c2c(F)cccc2Cl)c1C(=O)N1CCC(Oc2ccc(F)cc2F)CC1. The topological polar surface area (TPSA) is 55.6 Å². The second-order valence-corrected chi connectivity index (χ2v) is 7.65. The standard InChI is InChI=1S/C22H18ClF3N2O3/c1-12-19(21(27-31-12)20-15(23)3-2-4-16(20)25)22(29)28-9-7-14(8-10-28)30-18-6-5-13(24)11-17(18)26/h2-6,11,14H,7-10H2,1H3. The molecule has 0 radical (unpaired) electrons. The molecular formula is C22H18ClF3N2O3. The van der Waals surface area contributed by atoms with Crippen LogP contribution in [0.2, 0.25) is 5.02 Å². The molecule has 2 aromatic carbocycles. The predicted octanol–water partition coefficient (Wildman–Crippen LogP) is 5.40. The maximum Gasteiger partial charge on any atom is 0.259 e. The molecule has 0 spiro atoms. The third-order valence-corrected chi connectivity index (χ3v) is 5.51. The highest BCUT2D eigenvalue weighted by Crippen LogP contribution is 2.34. The second kappa shape index (κ2) is 8.63. The van der Waals surface area contributed by atoms with E-state index in [9.17, 15) is 18.0 Å². The molecule has 4 rings (SSSR count). The minimum absolute atomic E-state index is 0.00868. The molecule has 162 valence electrons. The molecule has 1 aliphatic rings.